The normalized spacial score (nSPS) is 12.8. The third kappa shape index (κ3) is 19.2. The molecule has 1 N–H and O–H groups in total. The van der Waals surface area contributed by atoms with Gasteiger partial charge in [-0.1, -0.05) is 6.07 Å². The number of amides is 1. The van der Waals surface area contributed by atoms with E-state index in [0.717, 1.165) is 28.3 Å². The molecule has 30 heteroatoms. The molecule has 6 aromatic rings. The lowest BCUT2D eigenvalue weighted by atomic mass is 10.0. The molecule has 3 heterocycles. The molecule has 0 saturated carbocycles. The zero-order chi connectivity index (χ0) is 68.0. The van der Waals surface area contributed by atoms with Gasteiger partial charge >= 0.3 is 36.5 Å². The van der Waals surface area contributed by atoms with Gasteiger partial charge in [-0.3, -0.25) is 9.69 Å². The molecule has 0 aliphatic carbocycles. The number of hydrogen-bond acceptors (Lipinski definition) is 22. The van der Waals surface area contributed by atoms with Crippen LogP contribution in [0.1, 0.15) is 99.8 Å². The molecule has 2 aromatic heterocycles. The molecular weight excluding hydrogens is 1240 g/mol. The summed E-state index contributed by atoms with van der Waals surface area (Å²) in [5.41, 5.74) is -3.76. The second kappa shape index (κ2) is 30.2. The van der Waals surface area contributed by atoms with E-state index in [1.54, 1.807) is 87.4 Å². The van der Waals surface area contributed by atoms with Crippen LogP contribution in [0.4, 0.5) is 60.0 Å². The smallest absolute Gasteiger partial charge is 0.473 e. The van der Waals surface area contributed by atoms with Gasteiger partial charge in [0.2, 0.25) is 11.8 Å². The number of benzene rings is 4. The van der Waals surface area contributed by atoms with Crippen molar-refractivity contribution >= 4 is 109 Å². The van der Waals surface area contributed by atoms with Gasteiger partial charge in [-0.2, -0.15) is 43.4 Å². The van der Waals surface area contributed by atoms with Crippen LogP contribution in [0.15, 0.2) is 65.7 Å². The number of esters is 1. The van der Waals surface area contributed by atoms with E-state index in [-0.39, 0.29) is 107 Å². The fraction of sp³-hybridized carbons (Fsp3) is 0.410. The lowest BCUT2D eigenvalue weighted by molar-refractivity contribution is -0.144. The predicted octanol–water partition coefficient (Wildman–Crippen LogP) is 13.4. The quantitative estimate of drug-likeness (QED) is 0.0159. The van der Waals surface area contributed by atoms with Crippen molar-refractivity contribution in [2.75, 3.05) is 61.9 Å². The Morgan fingerprint density at radius 2 is 1.27 bits per heavy atom. The first-order chi connectivity index (χ1) is 42.5. The molecule has 4 aromatic carbocycles. The van der Waals surface area contributed by atoms with Crippen molar-refractivity contribution in [3.05, 3.63) is 100 Å². The topological polar surface area (TPSA) is 262 Å². The molecule has 484 valence electrons. The number of fused-ring (bicyclic) bond motifs is 2. The molecule has 1 aliphatic heterocycles. The minimum Gasteiger partial charge on any atom is -0.473 e. The van der Waals surface area contributed by atoms with Crippen molar-refractivity contribution in [2.45, 2.75) is 118 Å². The predicted molar refractivity (Wildman–Crippen MR) is 331 cm³/mol. The third-order valence-corrected chi connectivity index (χ3v) is 12.5. The number of alkyl halides is 3. The van der Waals surface area contributed by atoms with E-state index in [1.807, 2.05) is 13.0 Å². The van der Waals surface area contributed by atoms with Crippen molar-refractivity contribution in [1.29, 1.82) is 5.26 Å². The van der Waals surface area contributed by atoms with Crippen molar-refractivity contribution < 1.29 is 83.8 Å². The van der Waals surface area contributed by atoms with Gasteiger partial charge in [-0.15, -0.1) is 0 Å². The molecule has 0 atom stereocenters. The number of carbonyl (C=O) groups excluding carboxylic acids is 4. The van der Waals surface area contributed by atoms with Gasteiger partial charge in [0.05, 0.1) is 71.4 Å². The number of nitriles is 1. The van der Waals surface area contributed by atoms with E-state index in [2.05, 4.69) is 52.5 Å². The maximum absolute atomic E-state index is 15.7. The minimum atomic E-state index is -4.88. The van der Waals surface area contributed by atoms with E-state index < -0.39 is 75.4 Å². The Hall–Kier alpha value is -9.64. The van der Waals surface area contributed by atoms with Gasteiger partial charge < -0.3 is 52.8 Å². The Morgan fingerprint density at radius 1 is 0.747 bits per heavy atom. The molecule has 1 amide bonds. The van der Waals surface area contributed by atoms with E-state index in [0.29, 0.717) is 11.8 Å². The number of hydrogen-bond donors (Lipinski definition) is 1. The number of ether oxygens (including phenoxy) is 9. The summed E-state index contributed by atoms with van der Waals surface area (Å²) in [5, 5.41) is 14.4. The fourth-order valence-electron chi connectivity index (χ4n) is 8.18. The number of carbonyl (C=O) groups is 4. The highest BCUT2D eigenvalue weighted by atomic mass is 32.1. The molecule has 91 heavy (non-hydrogen) atoms. The average molecular weight is 1310 g/mol. The Kier molecular flexibility index (Phi) is 24.0. The number of methoxy groups -OCH3 is 1. The number of rotatable bonds is 18. The van der Waals surface area contributed by atoms with E-state index in [9.17, 15) is 42.0 Å². The van der Waals surface area contributed by atoms with Crippen LogP contribution in [-0.2, 0) is 39.4 Å². The summed E-state index contributed by atoms with van der Waals surface area (Å²) in [6, 6.07) is 14.5. The second-order valence-electron chi connectivity index (χ2n) is 22.2. The van der Waals surface area contributed by atoms with Crippen LogP contribution in [0, 0.1) is 36.5 Å². The van der Waals surface area contributed by atoms with Crippen LogP contribution in [0.5, 0.6) is 23.8 Å². The van der Waals surface area contributed by atoms with Crippen molar-refractivity contribution in [1.82, 2.24) is 19.9 Å². The van der Waals surface area contributed by atoms with Gasteiger partial charge in [0.15, 0.2) is 22.4 Å². The summed E-state index contributed by atoms with van der Waals surface area (Å²) in [4.78, 5) is 75.1. The lowest BCUT2D eigenvalue weighted by Gasteiger charge is -2.29. The number of nitrogens with one attached hydrogen (secondary N) is 1. The van der Waals surface area contributed by atoms with Gasteiger partial charge in [0.25, 0.3) is 5.91 Å². The van der Waals surface area contributed by atoms with Crippen LogP contribution in [0.25, 0.3) is 26.7 Å². The zero-order valence-corrected chi connectivity index (χ0v) is 53.7. The molecule has 7 rings (SSSR count). The number of aromatic nitrogens is 4. The first kappa shape index (κ1) is 72.1. The first-order valence-corrected chi connectivity index (χ1v) is 28.3. The highest BCUT2D eigenvalue weighted by molar-refractivity contribution is 7.81. The summed E-state index contributed by atoms with van der Waals surface area (Å²) in [6.45, 7) is 28.1. The molecule has 1 fully saturated rings. The zero-order valence-electron chi connectivity index (χ0n) is 52.1. The van der Waals surface area contributed by atoms with Gasteiger partial charge in [0.1, 0.15) is 59.7 Å². The van der Waals surface area contributed by atoms with Crippen LogP contribution < -0.4 is 34.1 Å². The lowest BCUT2D eigenvalue weighted by Crippen LogP contribution is -2.44. The Bertz CT molecular complexity index is 3860. The number of nitrogens with zero attached hydrogens (tertiary/aromatic N) is 9. The molecule has 0 unspecified atom stereocenters. The Morgan fingerprint density at radius 3 is 1.74 bits per heavy atom. The van der Waals surface area contributed by atoms with E-state index in [1.165, 1.54) is 50.1 Å². The first-order valence-electron chi connectivity index (χ1n) is 27.5. The number of anilines is 3. The van der Waals surface area contributed by atoms with Crippen molar-refractivity contribution in [3.8, 4) is 29.9 Å². The number of aryl methyl sites for hydroxylation is 1. The minimum absolute atomic E-state index is 0.0228. The number of isothiocyanates is 1. The summed E-state index contributed by atoms with van der Waals surface area (Å²) >= 11 is 10.0. The van der Waals surface area contributed by atoms with E-state index in [4.69, 9.17) is 61.4 Å². The Labute approximate surface area is 531 Å². The Balaban J connectivity index is 0.000000289. The van der Waals surface area contributed by atoms with Gasteiger partial charge in [-0.25, -0.2) is 28.0 Å². The van der Waals surface area contributed by atoms with Gasteiger partial charge in [0, 0.05) is 11.4 Å². The second-order valence-corrected chi connectivity index (χ2v) is 22.7. The summed E-state index contributed by atoms with van der Waals surface area (Å²) in [6.07, 6.45) is -6.64. The summed E-state index contributed by atoms with van der Waals surface area (Å²) in [5.74, 6) is -2.89. The monoisotopic (exact) mass is 1300 g/mol. The van der Waals surface area contributed by atoms with Gasteiger partial charge in [-0.05, 0) is 175 Å². The molecule has 0 radical (unpaired) electrons. The number of aliphatic imine (C=N–C) groups is 1. The summed E-state index contributed by atoms with van der Waals surface area (Å²) < 4.78 is 119. The number of thiocarbonyl (C=S) groups is 2. The highest BCUT2D eigenvalue weighted by Gasteiger charge is 2.51. The maximum atomic E-state index is 15.7. The third-order valence-electron chi connectivity index (χ3n) is 12.0. The van der Waals surface area contributed by atoms with Crippen molar-refractivity contribution in [3.63, 3.8) is 0 Å². The van der Waals surface area contributed by atoms with Crippen molar-refractivity contribution in [2.24, 2.45) is 4.99 Å². The highest BCUT2D eigenvalue weighted by Crippen LogP contribution is 2.42. The SMILES string of the molecule is CCOc1nc(OCCOC(=O)OC(C)(C)C)c2cc(N3C(=S)N(c4ccc(C#N)c(C(F)(F)F)c4)C(=O)C3(C)C)cc(F)c2n1.CCOc1nc(OCCOC(=O)OC(C)(C)C)c2cc(NC(C)(C)C(=O)OC)cc(F)c2n1.[C-]#[N+]c1ccc(N=C=S)cc1C. The molecule has 1 saturated heterocycles. The maximum Gasteiger partial charge on any atom is 0.508 e. The molecule has 0 bridgehead atoms. The fourth-order valence-corrected chi connectivity index (χ4v) is 8.81. The molecule has 0 spiro atoms. The van der Waals surface area contributed by atoms with E-state index >= 15 is 4.39 Å². The average Bonchev–Trinajstić information content (AvgIpc) is 1.62. The number of halogens is 5. The molecule has 1 aliphatic rings. The van der Waals surface area contributed by atoms with Crippen LogP contribution in [0.3, 0.4) is 0 Å². The largest absolute Gasteiger partial charge is 0.508 e. The van der Waals surface area contributed by atoms with Crippen LogP contribution in [-0.4, -0.2) is 123 Å². The molecule has 23 nitrogen and oxygen atoms in total. The summed E-state index contributed by atoms with van der Waals surface area (Å²) in [7, 11) is 1.27. The van der Waals surface area contributed by atoms with Crippen LogP contribution in [0.2, 0.25) is 0 Å². The van der Waals surface area contributed by atoms with Crippen LogP contribution >= 0.6 is 24.4 Å². The molecular formula is C61H65F5N10O13S2. The standard InChI is InChI=1S/C30H29F4N5O6S.C22H30FN3O7.C9H6N2S/c1-7-42-25-36-22-19(23(37-25)43-10-11-44-27(41)45-28(2,3)4)12-18(14-21(22)31)39-26(46)38(24(40)29(39,5)6)17-9-8-16(15-35)20(13-17)30(32,33)34;1-8-30-19-24-16-14(11-13(12-15(16)23)26-22(5,6)18(27)29-7)17(25-19)31-9-10-32-20(28)33-21(2,3)4;1-7-5-8(11-6-12)3-4-9(7)10-2/h8-9,12-14H,7,10-11H2,1-6H3;11-12,26H,8-10H2,1-7H3;3-5H,1H3.